The number of para-hydroxylation sites is 2. The summed E-state index contributed by atoms with van der Waals surface area (Å²) in [6, 6.07) is 22.3. The molecule has 0 saturated carbocycles. The van der Waals surface area contributed by atoms with E-state index in [0.29, 0.717) is 22.6 Å². The fourth-order valence-corrected chi connectivity index (χ4v) is 4.13. The van der Waals surface area contributed by atoms with Crippen LogP contribution in [-0.4, -0.2) is 47.9 Å². The minimum atomic E-state index is -0.989. The zero-order chi connectivity index (χ0) is 22.8. The third-order valence-corrected chi connectivity index (χ3v) is 5.78. The maximum Gasteiger partial charge on any atom is 0.262 e. The van der Waals surface area contributed by atoms with Gasteiger partial charge in [0.05, 0.1) is 17.7 Å². The Balaban J connectivity index is 1.34. The van der Waals surface area contributed by atoms with Crippen LogP contribution in [0.15, 0.2) is 78.9 Å². The van der Waals surface area contributed by atoms with Gasteiger partial charge in [-0.3, -0.25) is 19.3 Å². The molecule has 5 rings (SSSR count). The fourth-order valence-electron chi connectivity index (χ4n) is 4.13. The summed E-state index contributed by atoms with van der Waals surface area (Å²) in [6.45, 7) is 0.468. The van der Waals surface area contributed by atoms with Crippen molar-refractivity contribution < 1.29 is 23.9 Å². The van der Waals surface area contributed by atoms with Crippen molar-refractivity contribution in [3.05, 3.63) is 95.6 Å². The first-order valence-electron chi connectivity index (χ1n) is 10.8. The molecule has 0 aromatic heterocycles. The van der Waals surface area contributed by atoms with E-state index in [4.69, 9.17) is 9.47 Å². The Morgan fingerprint density at radius 2 is 1.48 bits per heavy atom. The average Bonchev–Trinajstić information content (AvgIpc) is 3.11. The van der Waals surface area contributed by atoms with Crippen LogP contribution < -0.4 is 14.8 Å². The van der Waals surface area contributed by atoms with E-state index in [2.05, 4.69) is 5.32 Å². The Bertz CT molecular complexity index is 1180. The Hall–Kier alpha value is -4.13. The number of imide groups is 1. The third-order valence-electron chi connectivity index (χ3n) is 5.78. The summed E-state index contributed by atoms with van der Waals surface area (Å²) in [5.74, 6) is -0.0660. The summed E-state index contributed by atoms with van der Waals surface area (Å²) in [5, 5.41) is 2.86. The zero-order valence-corrected chi connectivity index (χ0v) is 17.8. The predicted octanol–water partition coefficient (Wildman–Crippen LogP) is 2.85. The molecule has 0 aliphatic carbocycles. The van der Waals surface area contributed by atoms with Gasteiger partial charge in [0.1, 0.15) is 18.8 Å². The van der Waals surface area contributed by atoms with Crippen molar-refractivity contribution in [2.45, 2.75) is 18.6 Å². The first-order chi connectivity index (χ1) is 16.1. The lowest BCUT2D eigenvalue weighted by Gasteiger charge is -2.29. The van der Waals surface area contributed by atoms with Gasteiger partial charge in [-0.05, 0) is 29.8 Å². The van der Waals surface area contributed by atoms with E-state index in [1.54, 1.807) is 30.3 Å². The van der Waals surface area contributed by atoms with Crippen molar-refractivity contribution in [1.82, 2.24) is 10.2 Å². The molecule has 0 bridgehead atoms. The molecule has 2 aliphatic rings. The van der Waals surface area contributed by atoms with Gasteiger partial charge < -0.3 is 14.8 Å². The van der Waals surface area contributed by atoms with Gasteiger partial charge in [0.25, 0.3) is 11.8 Å². The number of carbonyl (C=O) groups excluding carboxylic acids is 3. The summed E-state index contributed by atoms with van der Waals surface area (Å²) in [6.07, 6.45) is -0.174. The zero-order valence-electron chi connectivity index (χ0n) is 17.8. The second-order valence-corrected chi connectivity index (χ2v) is 7.97. The van der Waals surface area contributed by atoms with E-state index in [-0.39, 0.29) is 25.7 Å². The maximum absolute atomic E-state index is 13.3. The van der Waals surface area contributed by atoms with Crippen LogP contribution in [0.25, 0.3) is 0 Å². The van der Waals surface area contributed by atoms with Crippen LogP contribution in [0, 0.1) is 0 Å². The summed E-state index contributed by atoms with van der Waals surface area (Å²) >= 11 is 0. The van der Waals surface area contributed by atoms with Gasteiger partial charge in [0.15, 0.2) is 11.5 Å². The van der Waals surface area contributed by atoms with Crippen LogP contribution in [0.5, 0.6) is 11.5 Å². The number of rotatable bonds is 6. The topological polar surface area (TPSA) is 84.9 Å². The van der Waals surface area contributed by atoms with Crippen LogP contribution in [0.3, 0.4) is 0 Å². The largest absolute Gasteiger partial charge is 0.486 e. The van der Waals surface area contributed by atoms with E-state index in [0.717, 1.165) is 10.5 Å². The quantitative estimate of drug-likeness (QED) is 0.594. The number of fused-ring (bicyclic) bond motifs is 2. The molecule has 2 atom stereocenters. The molecule has 3 aromatic rings. The lowest BCUT2D eigenvalue weighted by atomic mass is 10.0. The Labute approximate surface area is 190 Å². The minimum absolute atomic E-state index is 0.182. The van der Waals surface area contributed by atoms with E-state index in [1.807, 2.05) is 48.5 Å². The number of benzene rings is 3. The van der Waals surface area contributed by atoms with Crippen LogP contribution in [0.1, 0.15) is 26.3 Å². The van der Waals surface area contributed by atoms with Gasteiger partial charge in [-0.1, -0.05) is 54.6 Å². The van der Waals surface area contributed by atoms with Gasteiger partial charge in [0, 0.05) is 6.42 Å². The number of ether oxygens (including phenoxy) is 2. The van der Waals surface area contributed by atoms with Gasteiger partial charge >= 0.3 is 0 Å². The third kappa shape index (κ3) is 4.05. The fraction of sp³-hybridized carbons (Fsp3) is 0.192. The van der Waals surface area contributed by atoms with Crippen LogP contribution in [-0.2, 0) is 11.2 Å². The van der Waals surface area contributed by atoms with E-state index in [9.17, 15) is 14.4 Å². The number of hydrogen-bond acceptors (Lipinski definition) is 5. The van der Waals surface area contributed by atoms with E-state index >= 15 is 0 Å². The van der Waals surface area contributed by atoms with E-state index < -0.39 is 23.8 Å². The maximum atomic E-state index is 13.3. The molecule has 2 heterocycles. The molecule has 0 saturated heterocycles. The molecule has 0 unspecified atom stereocenters. The van der Waals surface area contributed by atoms with E-state index in [1.165, 1.54) is 0 Å². The highest BCUT2D eigenvalue weighted by atomic mass is 16.6. The second kappa shape index (κ2) is 8.78. The summed E-state index contributed by atoms with van der Waals surface area (Å²) in [4.78, 5) is 40.5. The lowest BCUT2D eigenvalue weighted by Crippen LogP contribution is -2.52. The average molecular weight is 442 g/mol. The van der Waals surface area contributed by atoms with Crippen molar-refractivity contribution in [2.24, 2.45) is 0 Å². The molecule has 7 nitrogen and oxygen atoms in total. The number of carbonyl (C=O) groups is 3. The Morgan fingerprint density at radius 1 is 0.879 bits per heavy atom. The molecule has 3 amide bonds. The Morgan fingerprint density at radius 3 is 2.18 bits per heavy atom. The lowest BCUT2D eigenvalue weighted by molar-refractivity contribution is -0.125. The van der Waals surface area contributed by atoms with Crippen molar-refractivity contribution in [3.63, 3.8) is 0 Å². The van der Waals surface area contributed by atoms with Crippen molar-refractivity contribution >= 4 is 17.7 Å². The molecule has 33 heavy (non-hydrogen) atoms. The first-order valence-corrected chi connectivity index (χ1v) is 10.8. The molecule has 0 radical (unpaired) electrons. The molecular formula is C26H22N2O5. The van der Waals surface area contributed by atoms with Crippen LogP contribution in [0.2, 0.25) is 0 Å². The van der Waals surface area contributed by atoms with Crippen LogP contribution in [0.4, 0.5) is 0 Å². The first kappa shape index (κ1) is 20.8. The van der Waals surface area contributed by atoms with Gasteiger partial charge in [0.2, 0.25) is 5.91 Å². The molecule has 3 aromatic carbocycles. The van der Waals surface area contributed by atoms with Gasteiger partial charge in [-0.25, -0.2) is 0 Å². The number of nitrogens with one attached hydrogen (secondary N) is 1. The highest BCUT2D eigenvalue weighted by molar-refractivity contribution is 6.22. The highest BCUT2D eigenvalue weighted by Crippen LogP contribution is 2.31. The van der Waals surface area contributed by atoms with Crippen molar-refractivity contribution in [3.8, 4) is 11.5 Å². The standard InChI is InChI=1S/C26H22N2O5/c29-24(27-15-18-16-32-22-12-6-7-13-23(22)33-18)21(14-17-8-2-1-3-9-17)28-25(30)19-10-4-5-11-20(19)26(28)31/h1-13,18,21H,14-16H2,(H,27,29)/t18-,21-/m1/s1. The second-order valence-electron chi connectivity index (χ2n) is 7.97. The molecule has 166 valence electrons. The molecule has 2 aliphatic heterocycles. The van der Waals surface area contributed by atoms with Gasteiger partial charge in [-0.2, -0.15) is 0 Å². The van der Waals surface area contributed by atoms with Crippen molar-refractivity contribution in [2.75, 3.05) is 13.2 Å². The number of nitrogens with zero attached hydrogens (tertiary/aromatic N) is 1. The molecule has 7 heteroatoms. The minimum Gasteiger partial charge on any atom is -0.486 e. The smallest absolute Gasteiger partial charge is 0.262 e. The molecule has 0 fully saturated rings. The summed E-state index contributed by atoms with van der Waals surface area (Å²) in [5.41, 5.74) is 1.48. The van der Waals surface area contributed by atoms with Crippen molar-refractivity contribution in [1.29, 1.82) is 0 Å². The number of hydrogen-bond donors (Lipinski definition) is 1. The van der Waals surface area contributed by atoms with Crippen LogP contribution >= 0.6 is 0 Å². The monoisotopic (exact) mass is 442 g/mol. The van der Waals surface area contributed by atoms with Gasteiger partial charge in [-0.15, -0.1) is 0 Å². The Kier molecular flexibility index (Phi) is 5.52. The normalized spacial score (nSPS) is 17.5. The molecule has 1 N–H and O–H groups in total. The highest BCUT2D eigenvalue weighted by Gasteiger charge is 2.42. The predicted molar refractivity (Wildman–Crippen MR) is 120 cm³/mol. The number of amides is 3. The molecule has 0 spiro atoms. The molecular weight excluding hydrogens is 420 g/mol. The SMILES string of the molecule is O=C(NC[C@@H]1COc2ccccc2O1)[C@@H](Cc1ccccc1)N1C(=O)c2ccccc2C1=O. The summed E-state index contributed by atoms with van der Waals surface area (Å²) < 4.78 is 11.6. The summed E-state index contributed by atoms with van der Waals surface area (Å²) in [7, 11) is 0.